The quantitative estimate of drug-likeness (QED) is 0.276. The second-order valence-corrected chi connectivity index (χ2v) is 8.74. The van der Waals surface area contributed by atoms with E-state index >= 15 is 0 Å². The summed E-state index contributed by atoms with van der Waals surface area (Å²) in [6, 6.07) is 34.2. The molecule has 0 radical (unpaired) electrons. The van der Waals surface area contributed by atoms with Crippen molar-refractivity contribution in [1.82, 2.24) is 0 Å². The van der Waals surface area contributed by atoms with E-state index in [4.69, 9.17) is 0 Å². The molecule has 4 nitrogen and oxygen atoms in total. The molecule has 0 saturated carbocycles. The Balaban J connectivity index is 1.82. The van der Waals surface area contributed by atoms with E-state index in [2.05, 4.69) is 0 Å². The molecular weight excluding hydrogens is 448 g/mol. The monoisotopic (exact) mass is 468 g/mol. The second-order valence-electron chi connectivity index (χ2n) is 8.74. The van der Waals surface area contributed by atoms with Crippen LogP contribution in [0.2, 0.25) is 0 Å². The maximum Gasteiger partial charge on any atom is 0.336 e. The van der Waals surface area contributed by atoms with Crippen LogP contribution in [0.1, 0.15) is 20.7 Å². The highest BCUT2D eigenvalue weighted by molar-refractivity contribution is 6.18. The van der Waals surface area contributed by atoms with Crippen molar-refractivity contribution in [2.45, 2.75) is 0 Å². The number of aromatic carboxylic acids is 2. The molecule has 172 valence electrons. The van der Waals surface area contributed by atoms with Gasteiger partial charge in [-0.05, 0) is 55.9 Å². The zero-order valence-electron chi connectivity index (χ0n) is 19.1. The van der Waals surface area contributed by atoms with E-state index in [-0.39, 0.29) is 11.1 Å². The molecule has 6 aromatic rings. The van der Waals surface area contributed by atoms with Crippen LogP contribution in [0.15, 0.2) is 109 Å². The van der Waals surface area contributed by atoms with Crippen LogP contribution in [0.5, 0.6) is 0 Å². The summed E-state index contributed by atoms with van der Waals surface area (Å²) in [5.41, 5.74) is 3.76. The lowest BCUT2D eigenvalue weighted by Gasteiger charge is -2.19. The molecule has 2 N–H and O–H groups in total. The first-order valence-corrected chi connectivity index (χ1v) is 11.6. The largest absolute Gasteiger partial charge is 0.478 e. The minimum Gasteiger partial charge on any atom is -0.478 e. The Morgan fingerprint density at radius 2 is 0.944 bits per heavy atom. The van der Waals surface area contributed by atoms with Crippen LogP contribution in [-0.4, -0.2) is 22.2 Å². The van der Waals surface area contributed by atoms with E-state index in [9.17, 15) is 19.8 Å². The maximum absolute atomic E-state index is 12.2. The lowest BCUT2D eigenvalue weighted by Crippen LogP contribution is -2.00. The first-order valence-electron chi connectivity index (χ1n) is 11.6. The highest BCUT2D eigenvalue weighted by atomic mass is 16.4. The van der Waals surface area contributed by atoms with Gasteiger partial charge in [-0.15, -0.1) is 0 Å². The van der Waals surface area contributed by atoms with Crippen LogP contribution >= 0.6 is 0 Å². The summed E-state index contributed by atoms with van der Waals surface area (Å²) >= 11 is 0. The van der Waals surface area contributed by atoms with Gasteiger partial charge < -0.3 is 10.2 Å². The van der Waals surface area contributed by atoms with Crippen molar-refractivity contribution < 1.29 is 19.8 Å². The van der Waals surface area contributed by atoms with E-state index in [1.807, 2.05) is 84.9 Å². The van der Waals surface area contributed by atoms with Crippen LogP contribution < -0.4 is 0 Å². The van der Waals surface area contributed by atoms with E-state index in [0.717, 1.165) is 43.8 Å². The third-order valence-corrected chi connectivity index (χ3v) is 6.76. The van der Waals surface area contributed by atoms with Crippen molar-refractivity contribution >= 4 is 44.3 Å². The minimum absolute atomic E-state index is 0.228. The summed E-state index contributed by atoms with van der Waals surface area (Å²) in [6.07, 6.45) is 0. The van der Waals surface area contributed by atoms with Gasteiger partial charge in [0.1, 0.15) is 0 Å². The van der Waals surface area contributed by atoms with Crippen molar-refractivity contribution in [2.75, 3.05) is 0 Å². The summed E-state index contributed by atoms with van der Waals surface area (Å²) in [6.45, 7) is 0. The average Bonchev–Trinajstić information content (AvgIpc) is 2.91. The molecule has 0 bridgehead atoms. The first kappa shape index (κ1) is 21.6. The maximum atomic E-state index is 12.2. The molecule has 0 saturated heterocycles. The second kappa shape index (κ2) is 8.36. The standard InChI is InChI=1S/C32H20O4/c33-31(34)26-15-5-10-20-8-3-13-23(28(20)26)24-18-17-19-7-1-2-12-22(19)30(24)25-14-4-9-21-11-6-16-27(29(21)25)32(35)36/h1-18H,(H,33,34)(H,35,36). The van der Waals surface area contributed by atoms with Crippen molar-refractivity contribution in [1.29, 1.82) is 0 Å². The molecule has 0 fully saturated rings. The fraction of sp³-hybridized carbons (Fsp3) is 0. The van der Waals surface area contributed by atoms with Gasteiger partial charge in [0.2, 0.25) is 0 Å². The van der Waals surface area contributed by atoms with E-state index in [1.54, 1.807) is 24.3 Å². The van der Waals surface area contributed by atoms with Crippen LogP contribution in [0.4, 0.5) is 0 Å². The van der Waals surface area contributed by atoms with Crippen LogP contribution in [0.3, 0.4) is 0 Å². The fourth-order valence-corrected chi connectivity index (χ4v) is 5.26. The van der Waals surface area contributed by atoms with Crippen LogP contribution in [-0.2, 0) is 0 Å². The smallest absolute Gasteiger partial charge is 0.336 e. The number of carbonyl (C=O) groups is 2. The minimum atomic E-state index is -0.992. The molecule has 0 aliphatic carbocycles. The Kier molecular flexibility index (Phi) is 5.01. The topological polar surface area (TPSA) is 74.6 Å². The Bertz CT molecular complexity index is 1840. The predicted octanol–water partition coefficient (Wildman–Crippen LogP) is 7.88. The zero-order valence-corrected chi connectivity index (χ0v) is 19.1. The molecule has 0 aliphatic rings. The molecule has 36 heavy (non-hydrogen) atoms. The Morgan fingerprint density at radius 3 is 1.56 bits per heavy atom. The average molecular weight is 469 g/mol. The molecule has 6 rings (SSSR count). The zero-order chi connectivity index (χ0) is 24.8. The van der Waals surface area contributed by atoms with Crippen LogP contribution in [0, 0.1) is 0 Å². The number of benzene rings is 6. The fourth-order valence-electron chi connectivity index (χ4n) is 5.26. The molecule has 0 unspecified atom stereocenters. The van der Waals surface area contributed by atoms with E-state index in [0.29, 0.717) is 10.8 Å². The molecule has 0 amide bonds. The Morgan fingerprint density at radius 1 is 0.444 bits per heavy atom. The summed E-state index contributed by atoms with van der Waals surface area (Å²) in [7, 11) is 0. The lowest BCUT2D eigenvalue weighted by molar-refractivity contribution is 0.0688. The normalized spacial score (nSPS) is 11.2. The summed E-state index contributed by atoms with van der Waals surface area (Å²) in [4.78, 5) is 24.4. The Hall–Kier alpha value is -4.96. The number of rotatable bonds is 4. The Labute approximate surface area is 206 Å². The van der Waals surface area contributed by atoms with Gasteiger partial charge in [-0.2, -0.15) is 0 Å². The number of fused-ring (bicyclic) bond motifs is 3. The number of hydrogen-bond acceptors (Lipinski definition) is 2. The summed E-state index contributed by atoms with van der Waals surface area (Å²) in [5, 5.41) is 25.0. The number of carboxylic acid groups (broad SMARTS) is 2. The molecular formula is C32H20O4. The van der Waals surface area contributed by atoms with Crippen LogP contribution in [0.25, 0.3) is 54.6 Å². The van der Waals surface area contributed by atoms with Gasteiger partial charge in [-0.25, -0.2) is 9.59 Å². The SMILES string of the molecule is O=C(O)c1cccc2cccc(-c3ccc4ccccc4c3-c3cccc4cccc(C(=O)O)c34)c12. The van der Waals surface area contributed by atoms with Gasteiger partial charge in [0.15, 0.2) is 0 Å². The van der Waals surface area contributed by atoms with Gasteiger partial charge in [-0.1, -0.05) is 97.1 Å². The highest BCUT2D eigenvalue weighted by Gasteiger charge is 2.20. The summed E-state index contributed by atoms with van der Waals surface area (Å²) < 4.78 is 0. The van der Waals surface area contributed by atoms with Gasteiger partial charge in [-0.3, -0.25) is 0 Å². The van der Waals surface area contributed by atoms with Crippen molar-refractivity contribution in [3.05, 3.63) is 120 Å². The molecule has 6 aromatic carbocycles. The van der Waals surface area contributed by atoms with Crippen molar-refractivity contribution in [3.8, 4) is 22.3 Å². The van der Waals surface area contributed by atoms with Crippen molar-refractivity contribution in [3.63, 3.8) is 0 Å². The lowest BCUT2D eigenvalue weighted by atomic mass is 9.84. The number of carboxylic acids is 2. The van der Waals surface area contributed by atoms with Gasteiger partial charge in [0, 0.05) is 10.8 Å². The summed E-state index contributed by atoms with van der Waals surface area (Å²) in [5.74, 6) is -1.98. The molecule has 0 aromatic heterocycles. The van der Waals surface area contributed by atoms with E-state index in [1.165, 1.54) is 0 Å². The first-order chi connectivity index (χ1) is 17.5. The highest BCUT2D eigenvalue weighted by Crippen LogP contribution is 2.44. The van der Waals surface area contributed by atoms with Crippen molar-refractivity contribution in [2.24, 2.45) is 0 Å². The van der Waals surface area contributed by atoms with E-state index < -0.39 is 11.9 Å². The van der Waals surface area contributed by atoms with Gasteiger partial charge >= 0.3 is 11.9 Å². The molecule has 0 atom stereocenters. The third kappa shape index (κ3) is 3.31. The molecule has 0 aliphatic heterocycles. The molecule has 4 heteroatoms. The predicted molar refractivity (Wildman–Crippen MR) is 144 cm³/mol. The molecule has 0 heterocycles. The van der Waals surface area contributed by atoms with Gasteiger partial charge in [0.05, 0.1) is 11.1 Å². The number of hydrogen-bond donors (Lipinski definition) is 2. The third-order valence-electron chi connectivity index (χ3n) is 6.76. The molecule has 0 spiro atoms. The van der Waals surface area contributed by atoms with Gasteiger partial charge in [0.25, 0.3) is 0 Å².